The quantitative estimate of drug-likeness (QED) is 0.828. The Balaban J connectivity index is 2.57. The van der Waals surface area contributed by atoms with Crippen molar-refractivity contribution in [2.45, 2.75) is 12.5 Å². The molecule has 0 aliphatic heterocycles. The Hall–Kier alpha value is -1.32. The smallest absolute Gasteiger partial charge is 0.306 e. The molecule has 1 aromatic rings. The van der Waals surface area contributed by atoms with E-state index in [-0.39, 0.29) is 6.42 Å². The van der Waals surface area contributed by atoms with Crippen molar-refractivity contribution in [2.24, 2.45) is 0 Å². The minimum absolute atomic E-state index is 0.288. The van der Waals surface area contributed by atoms with E-state index in [2.05, 4.69) is 0 Å². The number of aliphatic hydroxyl groups excluding tert-OH is 1. The Morgan fingerprint density at radius 1 is 1.40 bits per heavy atom. The van der Waals surface area contributed by atoms with Crippen molar-refractivity contribution >= 4 is 23.6 Å². The van der Waals surface area contributed by atoms with Crippen LogP contribution in [0.1, 0.15) is 12.0 Å². The molecule has 0 aliphatic rings. The van der Waals surface area contributed by atoms with Crippen LogP contribution in [0, 0.1) is 0 Å². The van der Waals surface area contributed by atoms with Crippen molar-refractivity contribution in [2.75, 3.05) is 0 Å². The molecule has 0 fully saturated rings. The number of carboxylic acid groups (broad SMARTS) is 1. The van der Waals surface area contributed by atoms with Gasteiger partial charge in [-0.1, -0.05) is 35.9 Å². The van der Waals surface area contributed by atoms with Crippen LogP contribution in [-0.2, 0) is 4.79 Å². The zero-order valence-corrected chi connectivity index (χ0v) is 8.69. The summed E-state index contributed by atoms with van der Waals surface area (Å²) in [7, 11) is 0. The highest BCUT2D eigenvalue weighted by molar-refractivity contribution is 6.30. The van der Waals surface area contributed by atoms with Gasteiger partial charge < -0.3 is 10.2 Å². The number of halogens is 1. The van der Waals surface area contributed by atoms with E-state index in [4.69, 9.17) is 16.7 Å². The number of carboxylic acids is 1. The minimum atomic E-state index is -1.02. The summed E-state index contributed by atoms with van der Waals surface area (Å²) in [4.78, 5) is 10.3. The summed E-state index contributed by atoms with van der Waals surface area (Å²) in [5, 5.41) is 18.3. The molecular formula is C11H11ClO3. The maximum Gasteiger partial charge on any atom is 0.306 e. The summed E-state index contributed by atoms with van der Waals surface area (Å²) in [6.07, 6.45) is 1.85. The van der Waals surface area contributed by atoms with Gasteiger partial charge in [0.1, 0.15) is 0 Å². The molecule has 0 saturated carbocycles. The Kier molecular flexibility index (Phi) is 4.34. The number of aliphatic carboxylic acids is 1. The van der Waals surface area contributed by atoms with Crippen LogP contribution in [0.25, 0.3) is 6.08 Å². The van der Waals surface area contributed by atoms with Gasteiger partial charge in [0.25, 0.3) is 0 Å². The van der Waals surface area contributed by atoms with Crippen LogP contribution in [0.3, 0.4) is 0 Å². The fraction of sp³-hybridized carbons (Fsp3) is 0.182. The maximum absolute atomic E-state index is 10.3. The number of benzene rings is 1. The van der Waals surface area contributed by atoms with Crippen molar-refractivity contribution in [1.29, 1.82) is 0 Å². The minimum Gasteiger partial charge on any atom is -0.481 e. The molecule has 0 heterocycles. The zero-order valence-electron chi connectivity index (χ0n) is 7.93. The molecule has 0 radical (unpaired) electrons. The third-order valence-electron chi connectivity index (χ3n) is 1.76. The van der Waals surface area contributed by atoms with E-state index in [9.17, 15) is 9.90 Å². The largest absolute Gasteiger partial charge is 0.481 e. The molecule has 1 rings (SSSR count). The van der Waals surface area contributed by atoms with Gasteiger partial charge in [-0.3, -0.25) is 4.79 Å². The first-order chi connectivity index (χ1) is 7.08. The molecule has 1 aromatic carbocycles. The molecular weight excluding hydrogens is 216 g/mol. The lowest BCUT2D eigenvalue weighted by atomic mass is 10.1. The Morgan fingerprint density at radius 3 is 2.53 bits per heavy atom. The first-order valence-electron chi connectivity index (χ1n) is 4.41. The average Bonchev–Trinajstić information content (AvgIpc) is 2.16. The summed E-state index contributed by atoms with van der Waals surface area (Å²) in [6, 6.07) is 7.02. The van der Waals surface area contributed by atoms with E-state index in [1.54, 1.807) is 30.3 Å². The van der Waals surface area contributed by atoms with E-state index >= 15 is 0 Å². The summed E-state index contributed by atoms with van der Waals surface area (Å²) in [5.74, 6) is -1.02. The van der Waals surface area contributed by atoms with Crippen LogP contribution in [-0.4, -0.2) is 22.3 Å². The number of hydrogen-bond donors (Lipinski definition) is 2. The Bertz CT molecular complexity index is 357. The molecule has 1 unspecified atom stereocenters. The molecule has 2 N–H and O–H groups in total. The van der Waals surface area contributed by atoms with Gasteiger partial charge in [-0.05, 0) is 17.7 Å². The zero-order chi connectivity index (χ0) is 11.3. The molecule has 3 nitrogen and oxygen atoms in total. The lowest BCUT2D eigenvalue weighted by molar-refractivity contribution is -0.138. The number of hydrogen-bond acceptors (Lipinski definition) is 2. The highest BCUT2D eigenvalue weighted by atomic mass is 35.5. The molecule has 4 heteroatoms. The van der Waals surface area contributed by atoms with Crippen molar-refractivity contribution in [3.8, 4) is 0 Å². The first kappa shape index (κ1) is 11.8. The second kappa shape index (κ2) is 5.53. The van der Waals surface area contributed by atoms with Crippen molar-refractivity contribution in [3.63, 3.8) is 0 Å². The predicted octanol–water partition coefficient (Wildman–Crippen LogP) is 2.19. The number of aliphatic hydroxyl groups is 1. The van der Waals surface area contributed by atoms with Gasteiger partial charge in [0.05, 0.1) is 12.5 Å². The molecule has 15 heavy (non-hydrogen) atoms. The van der Waals surface area contributed by atoms with E-state index in [0.717, 1.165) is 5.56 Å². The van der Waals surface area contributed by atoms with Crippen LogP contribution in [0.2, 0.25) is 5.02 Å². The third-order valence-corrected chi connectivity index (χ3v) is 2.02. The number of carbonyl (C=O) groups is 1. The van der Waals surface area contributed by atoms with E-state index in [0.29, 0.717) is 5.02 Å². The van der Waals surface area contributed by atoms with Gasteiger partial charge >= 0.3 is 5.97 Å². The van der Waals surface area contributed by atoms with Crippen molar-refractivity contribution < 1.29 is 15.0 Å². The molecule has 0 amide bonds. The Morgan fingerprint density at radius 2 is 2.00 bits per heavy atom. The van der Waals surface area contributed by atoms with Crippen LogP contribution < -0.4 is 0 Å². The van der Waals surface area contributed by atoms with Crippen LogP contribution >= 0.6 is 11.6 Å². The third kappa shape index (κ3) is 4.63. The summed E-state index contributed by atoms with van der Waals surface area (Å²) < 4.78 is 0. The monoisotopic (exact) mass is 226 g/mol. The normalized spacial score (nSPS) is 12.9. The van der Waals surface area contributed by atoms with Gasteiger partial charge in [-0.2, -0.15) is 0 Å². The average molecular weight is 227 g/mol. The van der Waals surface area contributed by atoms with E-state index in [1.165, 1.54) is 6.08 Å². The second-order valence-electron chi connectivity index (χ2n) is 3.08. The van der Waals surface area contributed by atoms with Gasteiger partial charge in [0.2, 0.25) is 0 Å². The summed E-state index contributed by atoms with van der Waals surface area (Å²) >= 11 is 5.69. The van der Waals surface area contributed by atoms with E-state index in [1.807, 2.05) is 0 Å². The molecule has 0 aliphatic carbocycles. The van der Waals surface area contributed by atoms with Crippen molar-refractivity contribution in [1.82, 2.24) is 0 Å². The second-order valence-corrected chi connectivity index (χ2v) is 3.51. The number of rotatable bonds is 4. The first-order valence-corrected chi connectivity index (χ1v) is 4.79. The molecule has 0 saturated heterocycles. The molecule has 1 atom stereocenters. The van der Waals surface area contributed by atoms with Crippen LogP contribution in [0.15, 0.2) is 30.3 Å². The molecule has 80 valence electrons. The lowest BCUT2D eigenvalue weighted by Crippen LogP contribution is -2.09. The fourth-order valence-corrected chi connectivity index (χ4v) is 1.17. The summed E-state index contributed by atoms with van der Waals surface area (Å²) in [5.41, 5.74) is 0.865. The summed E-state index contributed by atoms with van der Waals surface area (Å²) in [6.45, 7) is 0. The van der Waals surface area contributed by atoms with Gasteiger partial charge in [-0.15, -0.1) is 0 Å². The highest BCUT2D eigenvalue weighted by Gasteiger charge is 2.04. The predicted molar refractivity (Wildman–Crippen MR) is 58.7 cm³/mol. The molecule has 0 aromatic heterocycles. The molecule has 0 spiro atoms. The topological polar surface area (TPSA) is 57.5 Å². The van der Waals surface area contributed by atoms with Gasteiger partial charge in [-0.25, -0.2) is 0 Å². The van der Waals surface area contributed by atoms with Gasteiger partial charge in [0.15, 0.2) is 0 Å². The maximum atomic E-state index is 10.3. The molecule has 0 bridgehead atoms. The van der Waals surface area contributed by atoms with Crippen molar-refractivity contribution in [3.05, 3.63) is 40.9 Å². The fourth-order valence-electron chi connectivity index (χ4n) is 1.04. The lowest BCUT2D eigenvalue weighted by Gasteiger charge is -2.00. The highest BCUT2D eigenvalue weighted by Crippen LogP contribution is 2.11. The SMILES string of the molecule is O=C(O)CC(O)C=Cc1ccc(Cl)cc1. The van der Waals surface area contributed by atoms with Crippen LogP contribution in [0.5, 0.6) is 0 Å². The Labute approximate surface area is 92.6 Å². The standard InChI is InChI=1S/C11H11ClO3/c12-9-4-1-8(2-5-9)3-6-10(13)7-11(14)15/h1-6,10,13H,7H2,(H,14,15). The van der Waals surface area contributed by atoms with E-state index < -0.39 is 12.1 Å². The van der Waals surface area contributed by atoms with Gasteiger partial charge in [0, 0.05) is 5.02 Å². The van der Waals surface area contributed by atoms with Crippen LogP contribution in [0.4, 0.5) is 0 Å².